The van der Waals surface area contributed by atoms with Gasteiger partial charge in [-0.1, -0.05) is 12.1 Å². The molecule has 1 N–H and O–H groups in total. The van der Waals surface area contributed by atoms with Crippen LogP contribution in [0.25, 0.3) is 0 Å². The Labute approximate surface area is 121 Å². The zero-order chi connectivity index (χ0) is 14.5. The van der Waals surface area contributed by atoms with Gasteiger partial charge in [0.1, 0.15) is 5.76 Å². The summed E-state index contributed by atoms with van der Waals surface area (Å²) in [4.78, 5) is 12.5. The van der Waals surface area contributed by atoms with E-state index in [2.05, 4.69) is 4.74 Å². The van der Waals surface area contributed by atoms with E-state index in [1.807, 2.05) is 37.3 Å². The minimum absolute atomic E-state index is 0.0464. The number of hydrogen-bond acceptors (Lipinski definition) is 5. The smallest absolute Gasteiger partial charge is 0.374 e. The topological polar surface area (TPSA) is 59.7 Å². The molecule has 4 nitrogen and oxygen atoms in total. The second-order valence-electron chi connectivity index (χ2n) is 4.31. The van der Waals surface area contributed by atoms with Crippen LogP contribution < -0.4 is 0 Å². The van der Waals surface area contributed by atoms with E-state index in [0.29, 0.717) is 5.75 Å². The lowest BCUT2D eigenvalue weighted by atomic mass is 10.2. The number of aryl methyl sites for hydroxylation is 1. The van der Waals surface area contributed by atoms with Crippen molar-refractivity contribution in [3.8, 4) is 0 Å². The number of thioether (sulfide) groups is 1. The summed E-state index contributed by atoms with van der Waals surface area (Å²) in [5.74, 6) is 1.18. The number of furan rings is 1. The normalized spacial score (nSPS) is 10.6. The number of carbonyl (C=O) groups excluding carboxylic acids is 1. The summed E-state index contributed by atoms with van der Waals surface area (Å²) in [5.41, 5.74) is 1.67. The van der Waals surface area contributed by atoms with Gasteiger partial charge in [0.15, 0.2) is 0 Å². The molecule has 0 amide bonds. The molecule has 0 saturated carbocycles. The summed E-state index contributed by atoms with van der Waals surface area (Å²) in [6.45, 7) is 1.87. The van der Waals surface area contributed by atoms with Crippen LogP contribution in [-0.4, -0.2) is 18.2 Å². The minimum Gasteiger partial charge on any atom is -0.463 e. The molecule has 0 unspecified atom stereocenters. The standard InChI is InChI=1S/C15H16O4S/c1-10-7-12(19-14(10)15(17)18-2)9-20-13-5-3-11(8-16)4-6-13/h3-7,16H,8-9H2,1-2H3. The quantitative estimate of drug-likeness (QED) is 0.677. The number of aliphatic hydroxyl groups is 1. The first-order chi connectivity index (χ1) is 9.63. The van der Waals surface area contributed by atoms with Crippen LogP contribution in [0.1, 0.15) is 27.4 Å². The maximum Gasteiger partial charge on any atom is 0.374 e. The lowest BCUT2D eigenvalue weighted by Crippen LogP contribution is -2.00. The zero-order valence-electron chi connectivity index (χ0n) is 11.4. The van der Waals surface area contributed by atoms with Crippen molar-refractivity contribution in [1.82, 2.24) is 0 Å². The number of hydrogen-bond donors (Lipinski definition) is 1. The maximum atomic E-state index is 11.4. The third-order valence-electron chi connectivity index (χ3n) is 2.83. The second kappa shape index (κ2) is 6.63. The molecular weight excluding hydrogens is 276 g/mol. The minimum atomic E-state index is -0.453. The van der Waals surface area contributed by atoms with Crippen molar-refractivity contribution in [2.45, 2.75) is 24.2 Å². The molecule has 1 aromatic carbocycles. The summed E-state index contributed by atoms with van der Waals surface area (Å²) < 4.78 is 10.2. The van der Waals surface area contributed by atoms with Crippen molar-refractivity contribution in [2.75, 3.05) is 7.11 Å². The van der Waals surface area contributed by atoms with E-state index in [-0.39, 0.29) is 12.4 Å². The van der Waals surface area contributed by atoms with E-state index in [0.717, 1.165) is 21.8 Å². The Morgan fingerprint density at radius 3 is 2.65 bits per heavy atom. The lowest BCUT2D eigenvalue weighted by Gasteiger charge is -2.01. The van der Waals surface area contributed by atoms with E-state index in [9.17, 15) is 4.79 Å². The van der Waals surface area contributed by atoms with Crippen LogP contribution in [0.5, 0.6) is 0 Å². The predicted molar refractivity (Wildman–Crippen MR) is 76.7 cm³/mol. The van der Waals surface area contributed by atoms with Crippen molar-refractivity contribution in [3.63, 3.8) is 0 Å². The lowest BCUT2D eigenvalue weighted by molar-refractivity contribution is 0.0562. The summed E-state index contributed by atoms with van der Waals surface area (Å²) in [7, 11) is 1.33. The van der Waals surface area contributed by atoms with Gasteiger partial charge in [0.25, 0.3) is 0 Å². The van der Waals surface area contributed by atoms with Crippen molar-refractivity contribution in [2.24, 2.45) is 0 Å². The number of methoxy groups -OCH3 is 1. The number of esters is 1. The fraction of sp³-hybridized carbons (Fsp3) is 0.267. The predicted octanol–water partition coefficient (Wildman–Crippen LogP) is 3.16. The Hall–Kier alpha value is -1.72. The van der Waals surface area contributed by atoms with E-state index in [1.165, 1.54) is 7.11 Å². The summed E-state index contributed by atoms with van der Waals surface area (Å²) in [6, 6.07) is 9.52. The van der Waals surface area contributed by atoms with Gasteiger partial charge in [-0.25, -0.2) is 4.79 Å². The van der Waals surface area contributed by atoms with E-state index in [4.69, 9.17) is 9.52 Å². The van der Waals surface area contributed by atoms with Crippen LogP contribution in [0.4, 0.5) is 0 Å². The van der Waals surface area contributed by atoms with Crippen LogP contribution in [0.2, 0.25) is 0 Å². The van der Waals surface area contributed by atoms with Gasteiger partial charge in [-0.05, 0) is 30.7 Å². The maximum absolute atomic E-state index is 11.4. The van der Waals surface area contributed by atoms with Crippen molar-refractivity contribution in [3.05, 3.63) is 53.0 Å². The highest BCUT2D eigenvalue weighted by molar-refractivity contribution is 7.98. The molecule has 0 atom stereocenters. The molecular formula is C15H16O4S. The molecule has 0 saturated heterocycles. The van der Waals surface area contributed by atoms with Gasteiger partial charge in [0.05, 0.1) is 19.5 Å². The molecule has 2 rings (SSSR count). The third kappa shape index (κ3) is 3.43. The first kappa shape index (κ1) is 14.7. The number of ether oxygens (including phenoxy) is 1. The van der Waals surface area contributed by atoms with E-state index in [1.54, 1.807) is 11.8 Å². The molecule has 0 spiro atoms. The highest BCUT2D eigenvalue weighted by atomic mass is 32.2. The van der Waals surface area contributed by atoms with Gasteiger partial charge >= 0.3 is 5.97 Å². The monoisotopic (exact) mass is 292 g/mol. The molecule has 1 aromatic heterocycles. The molecule has 0 radical (unpaired) electrons. The van der Waals surface area contributed by atoms with Gasteiger partial charge in [0, 0.05) is 10.5 Å². The van der Waals surface area contributed by atoms with Crippen LogP contribution in [0.15, 0.2) is 39.6 Å². The highest BCUT2D eigenvalue weighted by Crippen LogP contribution is 2.26. The number of aliphatic hydroxyl groups excluding tert-OH is 1. The Balaban J connectivity index is 2.01. The molecule has 0 fully saturated rings. The second-order valence-corrected chi connectivity index (χ2v) is 5.36. The molecule has 0 aliphatic heterocycles. The average molecular weight is 292 g/mol. The van der Waals surface area contributed by atoms with Crippen LogP contribution in [0, 0.1) is 6.92 Å². The van der Waals surface area contributed by atoms with Crippen molar-refractivity contribution < 1.29 is 19.1 Å². The molecule has 5 heteroatoms. The van der Waals surface area contributed by atoms with Gasteiger partial charge in [-0.3, -0.25) is 0 Å². The highest BCUT2D eigenvalue weighted by Gasteiger charge is 2.15. The zero-order valence-corrected chi connectivity index (χ0v) is 12.2. The summed E-state index contributed by atoms with van der Waals surface area (Å²) in [5, 5.41) is 8.98. The molecule has 0 bridgehead atoms. The van der Waals surface area contributed by atoms with E-state index < -0.39 is 5.97 Å². The largest absolute Gasteiger partial charge is 0.463 e. The fourth-order valence-corrected chi connectivity index (χ4v) is 2.54. The van der Waals surface area contributed by atoms with Gasteiger partial charge < -0.3 is 14.3 Å². The Morgan fingerprint density at radius 2 is 2.05 bits per heavy atom. The average Bonchev–Trinajstić information content (AvgIpc) is 2.86. The first-order valence-electron chi connectivity index (χ1n) is 6.14. The van der Waals surface area contributed by atoms with Crippen molar-refractivity contribution >= 4 is 17.7 Å². The van der Waals surface area contributed by atoms with E-state index >= 15 is 0 Å². The molecule has 0 aliphatic rings. The molecule has 2 aromatic rings. The molecule has 0 aliphatic carbocycles. The third-order valence-corrected chi connectivity index (χ3v) is 3.86. The summed E-state index contributed by atoms with van der Waals surface area (Å²) >= 11 is 1.61. The van der Waals surface area contributed by atoms with Gasteiger partial charge in [0.2, 0.25) is 5.76 Å². The number of benzene rings is 1. The van der Waals surface area contributed by atoms with Gasteiger partial charge in [-0.2, -0.15) is 0 Å². The molecule has 1 heterocycles. The fourth-order valence-electron chi connectivity index (χ4n) is 1.76. The van der Waals surface area contributed by atoms with Crippen LogP contribution in [0.3, 0.4) is 0 Å². The van der Waals surface area contributed by atoms with Crippen LogP contribution in [-0.2, 0) is 17.1 Å². The van der Waals surface area contributed by atoms with Gasteiger partial charge in [-0.15, -0.1) is 11.8 Å². The molecule has 106 valence electrons. The van der Waals surface area contributed by atoms with Crippen LogP contribution >= 0.6 is 11.8 Å². The molecule has 20 heavy (non-hydrogen) atoms. The Bertz CT molecular complexity index is 586. The van der Waals surface area contributed by atoms with Crippen molar-refractivity contribution in [1.29, 1.82) is 0 Å². The SMILES string of the molecule is COC(=O)c1oc(CSc2ccc(CO)cc2)cc1C. The number of carbonyl (C=O) groups is 1. The Kier molecular flexibility index (Phi) is 4.87. The summed E-state index contributed by atoms with van der Waals surface area (Å²) in [6.07, 6.45) is 0. The number of rotatable bonds is 5. The first-order valence-corrected chi connectivity index (χ1v) is 7.13. The Morgan fingerprint density at radius 1 is 1.35 bits per heavy atom.